The summed E-state index contributed by atoms with van der Waals surface area (Å²) in [6.45, 7) is 11.0. The van der Waals surface area contributed by atoms with Crippen LogP contribution in [0.4, 0.5) is 0 Å². The Hall–Kier alpha value is -0.0400. The van der Waals surface area contributed by atoms with Gasteiger partial charge in [-0.05, 0) is 61.7 Å². The lowest BCUT2D eigenvalue weighted by molar-refractivity contribution is -0.147. The topological polar surface area (TPSA) is 9.23 Å². The van der Waals surface area contributed by atoms with Gasteiger partial charge in [0.05, 0.1) is 5.60 Å². The maximum atomic E-state index is 6.13. The maximum absolute atomic E-state index is 6.13. The first-order valence-electron chi connectivity index (χ1n) is 7.52. The molecule has 3 aliphatic rings. The highest BCUT2D eigenvalue weighted by atomic mass is 16.5. The molecule has 0 aromatic rings. The van der Waals surface area contributed by atoms with Crippen LogP contribution >= 0.6 is 0 Å². The van der Waals surface area contributed by atoms with E-state index in [0.29, 0.717) is 10.8 Å². The van der Waals surface area contributed by atoms with Crippen molar-refractivity contribution in [2.45, 2.75) is 71.8 Å². The fourth-order valence-corrected chi connectivity index (χ4v) is 5.82. The fraction of sp³-hybridized carbons (Fsp3) is 1.00. The highest BCUT2D eigenvalue weighted by Crippen LogP contribution is 2.64. The van der Waals surface area contributed by atoms with Crippen LogP contribution in [0.2, 0.25) is 0 Å². The van der Waals surface area contributed by atoms with Crippen LogP contribution in [-0.2, 0) is 4.74 Å². The largest absolute Gasteiger partial charge is 0.375 e. The van der Waals surface area contributed by atoms with Gasteiger partial charge in [-0.25, -0.2) is 0 Å². The third-order valence-corrected chi connectivity index (χ3v) is 6.58. The highest BCUT2D eigenvalue weighted by molar-refractivity contribution is 5.09. The van der Waals surface area contributed by atoms with Crippen molar-refractivity contribution in [1.29, 1.82) is 0 Å². The van der Waals surface area contributed by atoms with Gasteiger partial charge in [-0.2, -0.15) is 0 Å². The lowest BCUT2D eigenvalue weighted by Crippen LogP contribution is -2.55. The van der Waals surface area contributed by atoms with Crippen molar-refractivity contribution in [2.24, 2.45) is 22.7 Å². The lowest BCUT2D eigenvalue weighted by atomic mass is 9.46. The van der Waals surface area contributed by atoms with Crippen molar-refractivity contribution in [3.63, 3.8) is 0 Å². The normalized spacial score (nSPS) is 52.9. The van der Waals surface area contributed by atoms with Crippen LogP contribution in [0.15, 0.2) is 0 Å². The Morgan fingerprint density at radius 1 is 0.882 bits per heavy atom. The van der Waals surface area contributed by atoms with E-state index in [9.17, 15) is 0 Å². The van der Waals surface area contributed by atoms with Gasteiger partial charge in [0, 0.05) is 6.61 Å². The molecule has 0 bridgehead atoms. The van der Waals surface area contributed by atoms with E-state index in [1.54, 1.807) is 0 Å². The molecule has 1 heteroatoms. The molecule has 0 radical (unpaired) electrons. The molecule has 1 nitrogen and oxygen atoms in total. The van der Waals surface area contributed by atoms with Crippen LogP contribution in [0, 0.1) is 22.7 Å². The van der Waals surface area contributed by atoms with E-state index in [4.69, 9.17) is 4.74 Å². The van der Waals surface area contributed by atoms with Crippen LogP contribution < -0.4 is 0 Å². The second kappa shape index (κ2) is 3.50. The Labute approximate surface area is 106 Å². The first kappa shape index (κ1) is 12.0. The predicted octanol–water partition coefficient (Wildman–Crippen LogP) is 4.41. The molecule has 0 amide bonds. The molecule has 0 N–H and O–H groups in total. The summed E-state index contributed by atoms with van der Waals surface area (Å²) >= 11 is 0. The summed E-state index contributed by atoms with van der Waals surface area (Å²) in [6, 6.07) is 0. The average molecular weight is 236 g/mol. The standard InChI is InChI=1S/C16H28O/c1-14(2)8-5-9-15(3)12(14)6-10-16(4)13(15)7-11-17-16/h12-13H,5-11H2,1-4H3/t12-,13-,15-,16?/m0/s1. The van der Waals surface area contributed by atoms with E-state index in [1.165, 1.54) is 38.5 Å². The Morgan fingerprint density at radius 3 is 2.41 bits per heavy atom. The fourth-order valence-electron chi connectivity index (χ4n) is 5.82. The van der Waals surface area contributed by atoms with Gasteiger partial charge in [0.2, 0.25) is 0 Å². The zero-order valence-electron chi connectivity index (χ0n) is 12.0. The second-order valence-corrected chi connectivity index (χ2v) is 7.94. The van der Waals surface area contributed by atoms with Crippen LogP contribution in [0.3, 0.4) is 0 Å². The van der Waals surface area contributed by atoms with Crippen molar-refractivity contribution >= 4 is 0 Å². The molecule has 17 heavy (non-hydrogen) atoms. The molecule has 2 aliphatic carbocycles. The third kappa shape index (κ3) is 1.54. The molecule has 1 unspecified atom stereocenters. The minimum absolute atomic E-state index is 0.207. The molecule has 0 aromatic carbocycles. The summed E-state index contributed by atoms with van der Waals surface area (Å²) in [4.78, 5) is 0. The van der Waals surface area contributed by atoms with Gasteiger partial charge in [-0.15, -0.1) is 0 Å². The van der Waals surface area contributed by atoms with E-state index in [0.717, 1.165) is 18.4 Å². The summed E-state index contributed by atoms with van der Waals surface area (Å²) in [5, 5.41) is 0. The van der Waals surface area contributed by atoms with E-state index in [1.807, 2.05) is 0 Å². The molecule has 0 aromatic heterocycles. The second-order valence-electron chi connectivity index (χ2n) is 7.94. The van der Waals surface area contributed by atoms with Gasteiger partial charge >= 0.3 is 0 Å². The summed E-state index contributed by atoms with van der Waals surface area (Å²) in [6.07, 6.45) is 8.27. The lowest BCUT2D eigenvalue weighted by Gasteiger charge is -2.60. The molecular formula is C16H28O. The van der Waals surface area contributed by atoms with Gasteiger partial charge in [0.25, 0.3) is 0 Å². The number of hydrogen-bond acceptors (Lipinski definition) is 1. The highest BCUT2D eigenvalue weighted by Gasteiger charge is 2.60. The van der Waals surface area contributed by atoms with E-state index < -0.39 is 0 Å². The zero-order chi connectivity index (χ0) is 12.3. The molecule has 1 saturated heterocycles. The van der Waals surface area contributed by atoms with Crippen LogP contribution in [0.1, 0.15) is 66.2 Å². The number of hydrogen-bond donors (Lipinski definition) is 0. The van der Waals surface area contributed by atoms with Gasteiger partial charge in [0.15, 0.2) is 0 Å². The van der Waals surface area contributed by atoms with Crippen molar-refractivity contribution < 1.29 is 4.74 Å². The molecule has 3 rings (SSSR count). The first-order valence-corrected chi connectivity index (χ1v) is 7.52. The van der Waals surface area contributed by atoms with Gasteiger partial charge in [-0.1, -0.05) is 27.2 Å². The molecule has 2 saturated carbocycles. The summed E-state index contributed by atoms with van der Waals surface area (Å²) in [7, 11) is 0. The van der Waals surface area contributed by atoms with Crippen LogP contribution in [0.5, 0.6) is 0 Å². The van der Waals surface area contributed by atoms with Gasteiger partial charge < -0.3 is 4.74 Å². The quantitative estimate of drug-likeness (QED) is 0.605. The first-order chi connectivity index (χ1) is 7.89. The number of rotatable bonds is 0. The van der Waals surface area contributed by atoms with Crippen LogP contribution in [-0.4, -0.2) is 12.2 Å². The van der Waals surface area contributed by atoms with Gasteiger partial charge in [0.1, 0.15) is 0 Å². The molecule has 1 aliphatic heterocycles. The summed E-state index contributed by atoms with van der Waals surface area (Å²) in [5.74, 6) is 1.73. The predicted molar refractivity (Wildman–Crippen MR) is 70.9 cm³/mol. The molecular weight excluding hydrogens is 208 g/mol. The van der Waals surface area contributed by atoms with Crippen LogP contribution in [0.25, 0.3) is 0 Å². The minimum atomic E-state index is 0.207. The molecule has 4 atom stereocenters. The van der Waals surface area contributed by atoms with Crippen molar-refractivity contribution in [1.82, 2.24) is 0 Å². The van der Waals surface area contributed by atoms with Crippen molar-refractivity contribution in [3.8, 4) is 0 Å². The zero-order valence-corrected chi connectivity index (χ0v) is 12.0. The van der Waals surface area contributed by atoms with E-state index in [2.05, 4.69) is 27.7 Å². The smallest absolute Gasteiger partial charge is 0.0688 e. The molecule has 98 valence electrons. The van der Waals surface area contributed by atoms with E-state index >= 15 is 0 Å². The van der Waals surface area contributed by atoms with Gasteiger partial charge in [-0.3, -0.25) is 0 Å². The monoisotopic (exact) mass is 236 g/mol. The third-order valence-electron chi connectivity index (χ3n) is 6.58. The Bertz CT molecular complexity index is 317. The SMILES string of the molecule is CC1(C)CCC[C@]2(C)[C@@H]3CCOC3(C)CC[C@@H]12. The maximum Gasteiger partial charge on any atom is 0.0688 e. The average Bonchev–Trinajstić information content (AvgIpc) is 2.60. The van der Waals surface area contributed by atoms with Crippen molar-refractivity contribution in [2.75, 3.05) is 6.61 Å². The van der Waals surface area contributed by atoms with E-state index in [-0.39, 0.29) is 5.60 Å². The minimum Gasteiger partial charge on any atom is -0.375 e. The molecule has 0 spiro atoms. The number of ether oxygens (including phenoxy) is 1. The molecule has 1 heterocycles. The Kier molecular flexibility index (Phi) is 2.47. The Balaban J connectivity index is 1.98. The summed E-state index contributed by atoms with van der Waals surface area (Å²) in [5.41, 5.74) is 1.31. The van der Waals surface area contributed by atoms with Crippen molar-refractivity contribution in [3.05, 3.63) is 0 Å². The number of fused-ring (bicyclic) bond motifs is 3. The molecule has 3 fully saturated rings. The Morgan fingerprint density at radius 2 is 1.65 bits per heavy atom. The summed E-state index contributed by atoms with van der Waals surface area (Å²) < 4.78 is 6.13.